The van der Waals surface area contributed by atoms with Gasteiger partial charge in [0.15, 0.2) is 6.61 Å². The van der Waals surface area contributed by atoms with Gasteiger partial charge in [0.25, 0.3) is 5.91 Å². The monoisotopic (exact) mass is 257 g/mol. The Morgan fingerprint density at radius 1 is 1.47 bits per heavy atom. The van der Waals surface area contributed by atoms with Gasteiger partial charge in [-0.05, 0) is 30.5 Å². The third kappa shape index (κ3) is 1.85. The van der Waals surface area contributed by atoms with Crippen LogP contribution in [0, 0.1) is 16.7 Å². The second-order valence-electron chi connectivity index (χ2n) is 5.19. The summed E-state index contributed by atoms with van der Waals surface area (Å²) in [6.45, 7) is 0.0422. The fourth-order valence-electron chi connectivity index (χ4n) is 2.66. The van der Waals surface area contributed by atoms with Crippen molar-refractivity contribution >= 4 is 11.6 Å². The topological polar surface area (TPSA) is 88.1 Å². The Bertz CT molecular complexity index is 573. The second-order valence-corrected chi connectivity index (χ2v) is 5.19. The third-order valence-corrected chi connectivity index (χ3v) is 4.06. The second kappa shape index (κ2) is 4.25. The maximum absolute atomic E-state index is 11.3. The number of fused-ring (bicyclic) bond motifs is 1. The van der Waals surface area contributed by atoms with Crippen LogP contribution in [0.4, 0.5) is 5.69 Å². The molecule has 1 unspecified atom stereocenters. The van der Waals surface area contributed by atoms with Gasteiger partial charge >= 0.3 is 0 Å². The predicted molar refractivity (Wildman–Crippen MR) is 69.4 cm³/mol. The number of carbonyl (C=O) groups excluding carboxylic acids is 1. The molecule has 1 amide bonds. The van der Waals surface area contributed by atoms with E-state index in [1.807, 2.05) is 12.1 Å². The highest BCUT2D eigenvalue weighted by Crippen LogP contribution is 2.49. The summed E-state index contributed by atoms with van der Waals surface area (Å²) in [5.41, 5.74) is 7.29. The summed E-state index contributed by atoms with van der Waals surface area (Å²) in [5, 5.41) is 12.1. The Kier molecular flexibility index (Phi) is 2.68. The van der Waals surface area contributed by atoms with Crippen molar-refractivity contribution in [2.75, 3.05) is 11.9 Å². The lowest BCUT2D eigenvalue weighted by molar-refractivity contribution is -0.118. The summed E-state index contributed by atoms with van der Waals surface area (Å²) in [6, 6.07) is 7.52. The lowest BCUT2D eigenvalue weighted by Crippen LogP contribution is -2.39. The number of nitrogens with one attached hydrogen (secondary N) is 1. The van der Waals surface area contributed by atoms with Crippen molar-refractivity contribution < 1.29 is 9.53 Å². The Hall–Kier alpha value is -2.06. The minimum absolute atomic E-state index is 0.0422. The SMILES string of the molecule is N#CC1(C(N)c2ccc3c(c2)NC(=O)CO3)CCC1. The quantitative estimate of drug-likeness (QED) is 0.844. The maximum atomic E-state index is 11.3. The van der Waals surface area contributed by atoms with E-state index in [-0.39, 0.29) is 18.6 Å². The average Bonchev–Trinajstić information content (AvgIpc) is 2.37. The molecular weight excluding hydrogens is 242 g/mol. The van der Waals surface area contributed by atoms with Crippen LogP contribution >= 0.6 is 0 Å². The first-order valence-corrected chi connectivity index (χ1v) is 6.38. The predicted octanol–water partition coefficient (Wildman–Crippen LogP) is 1.71. The minimum Gasteiger partial charge on any atom is -0.482 e. The number of amides is 1. The molecule has 3 rings (SSSR count). The standard InChI is InChI=1S/C14H15N3O2/c15-8-14(4-1-5-14)13(16)9-2-3-11-10(6-9)17-12(18)7-19-11/h2-3,6,13H,1,4-5,7,16H2,(H,17,18). The molecule has 98 valence electrons. The van der Waals surface area contributed by atoms with Crippen LogP contribution in [-0.4, -0.2) is 12.5 Å². The van der Waals surface area contributed by atoms with Crippen LogP contribution in [0.1, 0.15) is 30.9 Å². The van der Waals surface area contributed by atoms with Gasteiger partial charge in [0, 0.05) is 6.04 Å². The van der Waals surface area contributed by atoms with Gasteiger partial charge in [-0.3, -0.25) is 4.79 Å². The number of nitrogens with two attached hydrogens (primary N) is 1. The van der Waals surface area contributed by atoms with Gasteiger partial charge < -0.3 is 15.8 Å². The van der Waals surface area contributed by atoms with Gasteiger partial charge in [-0.1, -0.05) is 12.5 Å². The number of hydrogen-bond acceptors (Lipinski definition) is 4. The smallest absolute Gasteiger partial charge is 0.262 e. The molecule has 1 aliphatic carbocycles. The molecule has 5 heteroatoms. The largest absolute Gasteiger partial charge is 0.482 e. The van der Waals surface area contributed by atoms with Crippen LogP contribution in [0.5, 0.6) is 5.75 Å². The van der Waals surface area contributed by atoms with Gasteiger partial charge in [0.1, 0.15) is 5.75 Å². The van der Waals surface area contributed by atoms with Crippen LogP contribution in [0.25, 0.3) is 0 Å². The number of hydrogen-bond donors (Lipinski definition) is 2. The van der Waals surface area contributed by atoms with E-state index in [2.05, 4.69) is 11.4 Å². The number of nitriles is 1. The summed E-state index contributed by atoms with van der Waals surface area (Å²) in [5.74, 6) is 0.479. The molecule has 1 heterocycles. The zero-order valence-corrected chi connectivity index (χ0v) is 10.5. The van der Waals surface area contributed by atoms with E-state index >= 15 is 0 Å². The average molecular weight is 257 g/mol. The van der Waals surface area contributed by atoms with Gasteiger partial charge in [-0.15, -0.1) is 0 Å². The summed E-state index contributed by atoms with van der Waals surface area (Å²) in [6.07, 6.45) is 2.72. The van der Waals surface area contributed by atoms with Gasteiger partial charge in [-0.2, -0.15) is 5.26 Å². The van der Waals surface area contributed by atoms with Crippen molar-refractivity contribution in [3.8, 4) is 11.8 Å². The molecule has 0 bridgehead atoms. The zero-order valence-electron chi connectivity index (χ0n) is 10.5. The molecular formula is C14H15N3O2. The molecule has 2 aliphatic rings. The van der Waals surface area contributed by atoms with E-state index in [4.69, 9.17) is 10.5 Å². The van der Waals surface area contributed by atoms with Crippen molar-refractivity contribution in [1.29, 1.82) is 5.26 Å². The summed E-state index contributed by atoms with van der Waals surface area (Å²) >= 11 is 0. The Balaban J connectivity index is 1.92. The van der Waals surface area contributed by atoms with E-state index < -0.39 is 5.41 Å². The van der Waals surface area contributed by atoms with Crippen LogP contribution in [0.2, 0.25) is 0 Å². The molecule has 0 spiro atoms. The van der Waals surface area contributed by atoms with Crippen LogP contribution in [-0.2, 0) is 4.79 Å². The molecule has 0 saturated heterocycles. The van der Waals surface area contributed by atoms with Crippen molar-refractivity contribution in [2.24, 2.45) is 11.1 Å². The first-order valence-electron chi connectivity index (χ1n) is 6.38. The normalized spacial score (nSPS) is 21.2. The highest BCUT2D eigenvalue weighted by Gasteiger charge is 2.43. The van der Waals surface area contributed by atoms with Crippen LogP contribution in [0.3, 0.4) is 0 Å². The number of ether oxygens (including phenoxy) is 1. The summed E-state index contributed by atoms with van der Waals surface area (Å²) < 4.78 is 5.30. The Morgan fingerprint density at radius 2 is 2.26 bits per heavy atom. The zero-order chi connectivity index (χ0) is 13.5. The first-order chi connectivity index (χ1) is 9.14. The number of carbonyl (C=O) groups is 1. The van der Waals surface area contributed by atoms with E-state index in [1.54, 1.807) is 6.07 Å². The number of anilines is 1. The molecule has 0 aromatic heterocycles. The molecule has 5 nitrogen and oxygen atoms in total. The van der Waals surface area contributed by atoms with Crippen molar-refractivity contribution in [1.82, 2.24) is 0 Å². The van der Waals surface area contributed by atoms with Gasteiger partial charge in [-0.25, -0.2) is 0 Å². The van der Waals surface area contributed by atoms with E-state index in [0.29, 0.717) is 11.4 Å². The number of rotatable bonds is 2. The molecule has 1 fully saturated rings. The van der Waals surface area contributed by atoms with Gasteiger partial charge in [0.05, 0.1) is 17.2 Å². The molecule has 1 aliphatic heterocycles. The fraction of sp³-hybridized carbons (Fsp3) is 0.429. The van der Waals surface area contributed by atoms with E-state index in [0.717, 1.165) is 24.8 Å². The highest BCUT2D eigenvalue weighted by molar-refractivity contribution is 5.95. The Morgan fingerprint density at radius 3 is 2.89 bits per heavy atom. The molecule has 19 heavy (non-hydrogen) atoms. The summed E-state index contributed by atoms with van der Waals surface area (Å²) in [7, 11) is 0. The molecule has 1 aromatic rings. The highest BCUT2D eigenvalue weighted by atomic mass is 16.5. The lowest BCUT2D eigenvalue weighted by Gasteiger charge is -2.40. The van der Waals surface area contributed by atoms with E-state index in [1.165, 1.54) is 0 Å². The number of benzene rings is 1. The molecule has 3 N–H and O–H groups in total. The molecule has 1 saturated carbocycles. The third-order valence-electron chi connectivity index (χ3n) is 4.06. The molecule has 0 radical (unpaired) electrons. The van der Waals surface area contributed by atoms with Crippen LogP contribution in [0.15, 0.2) is 18.2 Å². The minimum atomic E-state index is -0.451. The van der Waals surface area contributed by atoms with E-state index in [9.17, 15) is 10.1 Å². The maximum Gasteiger partial charge on any atom is 0.262 e. The summed E-state index contributed by atoms with van der Waals surface area (Å²) in [4.78, 5) is 11.3. The first kappa shape index (κ1) is 12.0. The van der Waals surface area contributed by atoms with Gasteiger partial charge in [0.2, 0.25) is 0 Å². The van der Waals surface area contributed by atoms with Crippen molar-refractivity contribution in [3.05, 3.63) is 23.8 Å². The molecule has 1 atom stereocenters. The number of nitrogens with zero attached hydrogens (tertiary/aromatic N) is 1. The fourth-order valence-corrected chi connectivity index (χ4v) is 2.66. The van der Waals surface area contributed by atoms with Crippen molar-refractivity contribution in [3.63, 3.8) is 0 Å². The Labute approximate surface area is 111 Å². The molecule has 1 aromatic carbocycles. The van der Waals surface area contributed by atoms with Crippen molar-refractivity contribution in [2.45, 2.75) is 25.3 Å². The lowest BCUT2D eigenvalue weighted by atomic mass is 9.64. The van der Waals surface area contributed by atoms with Crippen LogP contribution < -0.4 is 15.8 Å².